The molecule has 0 bridgehead atoms. The smallest absolute Gasteiger partial charge is 0.0226 e. The minimum absolute atomic E-state index is 0.786. The summed E-state index contributed by atoms with van der Waals surface area (Å²) in [6.07, 6.45) is 6.09. The second kappa shape index (κ2) is 6.34. The van der Waals surface area contributed by atoms with Crippen LogP contribution in [0.3, 0.4) is 0 Å². The van der Waals surface area contributed by atoms with Crippen LogP contribution in [-0.4, -0.2) is 0 Å². The van der Waals surface area contributed by atoms with Crippen molar-refractivity contribution in [3.8, 4) is 0 Å². The average molecular weight is 191 g/mol. The molecule has 0 aromatic heterocycles. The molecule has 0 aromatic carbocycles. The van der Waals surface area contributed by atoms with Crippen LogP contribution in [-0.2, 0) is 0 Å². The third-order valence-corrected chi connectivity index (χ3v) is 1.83. The Balaban J connectivity index is 3.41. The molecule has 0 N–H and O–H groups in total. The van der Waals surface area contributed by atoms with Gasteiger partial charge in [0, 0.05) is 0 Å². The molecule has 1 heteroatoms. The lowest BCUT2D eigenvalue weighted by atomic mass is 10.0. The summed E-state index contributed by atoms with van der Waals surface area (Å²) in [6, 6.07) is 0. The molecular formula is C8H15Br. The van der Waals surface area contributed by atoms with Gasteiger partial charge in [-0.05, 0) is 23.7 Å². The van der Waals surface area contributed by atoms with Crippen LogP contribution in [0.5, 0.6) is 0 Å². The normalized spacial score (nSPS) is 14.6. The molecule has 9 heavy (non-hydrogen) atoms. The van der Waals surface area contributed by atoms with Crippen LogP contribution in [0.2, 0.25) is 0 Å². The Morgan fingerprint density at radius 2 is 2.11 bits per heavy atom. The SMILES string of the molecule is CCCC(C=CBr)CC. The van der Waals surface area contributed by atoms with Crippen LogP contribution in [0, 0.1) is 5.92 Å². The van der Waals surface area contributed by atoms with Gasteiger partial charge in [0.15, 0.2) is 0 Å². The van der Waals surface area contributed by atoms with E-state index in [2.05, 4.69) is 35.9 Å². The molecule has 0 saturated carbocycles. The van der Waals surface area contributed by atoms with E-state index >= 15 is 0 Å². The topological polar surface area (TPSA) is 0 Å². The first kappa shape index (κ1) is 9.22. The standard InChI is InChI=1S/C8H15Br/c1-3-5-8(4-2)6-7-9/h6-8H,3-5H2,1-2H3. The fraction of sp³-hybridized carbons (Fsp3) is 0.750. The van der Waals surface area contributed by atoms with Gasteiger partial charge in [0.1, 0.15) is 0 Å². The summed E-state index contributed by atoms with van der Waals surface area (Å²) in [4.78, 5) is 1.97. The van der Waals surface area contributed by atoms with Crippen molar-refractivity contribution >= 4 is 15.9 Å². The highest BCUT2D eigenvalue weighted by molar-refractivity contribution is 9.11. The van der Waals surface area contributed by atoms with Crippen molar-refractivity contribution in [3.63, 3.8) is 0 Å². The minimum atomic E-state index is 0.786. The third kappa shape index (κ3) is 4.71. The summed E-state index contributed by atoms with van der Waals surface area (Å²) < 4.78 is 0. The lowest BCUT2D eigenvalue weighted by Crippen LogP contribution is -1.91. The zero-order valence-corrected chi connectivity index (χ0v) is 7.82. The first-order chi connectivity index (χ1) is 4.35. The lowest BCUT2D eigenvalue weighted by Gasteiger charge is -2.05. The van der Waals surface area contributed by atoms with E-state index in [1.807, 2.05) is 4.99 Å². The fourth-order valence-electron chi connectivity index (χ4n) is 0.910. The molecule has 1 unspecified atom stereocenters. The summed E-state index contributed by atoms with van der Waals surface area (Å²) in [5.74, 6) is 0.786. The average Bonchev–Trinajstić information content (AvgIpc) is 1.88. The molecule has 0 spiro atoms. The van der Waals surface area contributed by atoms with E-state index in [4.69, 9.17) is 0 Å². The zero-order valence-electron chi connectivity index (χ0n) is 6.23. The largest absolute Gasteiger partial charge is 0.0745 e. The van der Waals surface area contributed by atoms with Gasteiger partial charge in [-0.25, -0.2) is 0 Å². The van der Waals surface area contributed by atoms with Crippen molar-refractivity contribution in [3.05, 3.63) is 11.1 Å². The first-order valence-corrected chi connectivity index (χ1v) is 4.53. The van der Waals surface area contributed by atoms with Gasteiger partial charge in [-0.1, -0.05) is 42.3 Å². The fourth-order valence-corrected chi connectivity index (χ4v) is 1.34. The van der Waals surface area contributed by atoms with Gasteiger partial charge in [0.2, 0.25) is 0 Å². The van der Waals surface area contributed by atoms with Gasteiger partial charge in [-0.3, -0.25) is 0 Å². The lowest BCUT2D eigenvalue weighted by molar-refractivity contribution is 0.564. The number of allylic oxidation sites excluding steroid dienone is 1. The van der Waals surface area contributed by atoms with Crippen molar-refractivity contribution < 1.29 is 0 Å². The number of hydrogen-bond acceptors (Lipinski definition) is 0. The third-order valence-electron chi connectivity index (χ3n) is 1.53. The van der Waals surface area contributed by atoms with Gasteiger partial charge in [-0.15, -0.1) is 0 Å². The van der Waals surface area contributed by atoms with Gasteiger partial charge < -0.3 is 0 Å². The Morgan fingerprint density at radius 1 is 1.44 bits per heavy atom. The van der Waals surface area contributed by atoms with Crippen molar-refractivity contribution in [1.82, 2.24) is 0 Å². The molecule has 0 aromatic rings. The first-order valence-electron chi connectivity index (χ1n) is 3.62. The molecule has 0 amide bonds. The highest BCUT2D eigenvalue weighted by atomic mass is 79.9. The quantitative estimate of drug-likeness (QED) is 0.635. The Hall–Kier alpha value is 0.220. The molecule has 0 aliphatic carbocycles. The number of hydrogen-bond donors (Lipinski definition) is 0. The monoisotopic (exact) mass is 190 g/mol. The predicted molar refractivity (Wildman–Crippen MR) is 46.8 cm³/mol. The van der Waals surface area contributed by atoms with E-state index in [9.17, 15) is 0 Å². The predicted octanol–water partition coefficient (Wildman–Crippen LogP) is 3.72. The molecule has 0 fully saturated rings. The maximum atomic E-state index is 3.28. The Labute approximate surface area is 66.5 Å². The minimum Gasteiger partial charge on any atom is -0.0745 e. The molecule has 0 aliphatic heterocycles. The van der Waals surface area contributed by atoms with Gasteiger partial charge >= 0.3 is 0 Å². The van der Waals surface area contributed by atoms with Gasteiger partial charge in [0.25, 0.3) is 0 Å². The molecule has 0 rings (SSSR count). The second-order valence-electron chi connectivity index (χ2n) is 2.28. The molecule has 0 radical (unpaired) electrons. The van der Waals surface area contributed by atoms with Gasteiger partial charge in [-0.2, -0.15) is 0 Å². The van der Waals surface area contributed by atoms with Crippen LogP contribution in [0.1, 0.15) is 33.1 Å². The van der Waals surface area contributed by atoms with E-state index < -0.39 is 0 Å². The van der Waals surface area contributed by atoms with Crippen LogP contribution in [0.25, 0.3) is 0 Å². The van der Waals surface area contributed by atoms with Crippen LogP contribution < -0.4 is 0 Å². The van der Waals surface area contributed by atoms with Crippen LogP contribution >= 0.6 is 15.9 Å². The van der Waals surface area contributed by atoms with E-state index in [1.165, 1.54) is 19.3 Å². The molecule has 54 valence electrons. The van der Waals surface area contributed by atoms with E-state index in [1.54, 1.807) is 0 Å². The van der Waals surface area contributed by atoms with Crippen molar-refractivity contribution in [1.29, 1.82) is 0 Å². The van der Waals surface area contributed by atoms with Crippen LogP contribution in [0.4, 0.5) is 0 Å². The van der Waals surface area contributed by atoms with Crippen molar-refractivity contribution in [2.45, 2.75) is 33.1 Å². The Bertz CT molecular complexity index is 76.6. The van der Waals surface area contributed by atoms with E-state index in [0.717, 1.165) is 5.92 Å². The Kier molecular flexibility index (Phi) is 6.50. The molecule has 0 aliphatic rings. The highest BCUT2D eigenvalue weighted by Gasteiger charge is 1.97. The summed E-state index contributed by atoms with van der Waals surface area (Å²) in [5.41, 5.74) is 0. The maximum Gasteiger partial charge on any atom is -0.0226 e. The summed E-state index contributed by atoms with van der Waals surface area (Å²) in [7, 11) is 0. The van der Waals surface area contributed by atoms with Crippen LogP contribution in [0.15, 0.2) is 11.1 Å². The van der Waals surface area contributed by atoms with E-state index in [-0.39, 0.29) is 0 Å². The molecular weight excluding hydrogens is 176 g/mol. The molecule has 0 nitrogen and oxygen atoms in total. The van der Waals surface area contributed by atoms with Crippen molar-refractivity contribution in [2.75, 3.05) is 0 Å². The Morgan fingerprint density at radius 3 is 2.44 bits per heavy atom. The van der Waals surface area contributed by atoms with Gasteiger partial charge in [0.05, 0.1) is 0 Å². The maximum absolute atomic E-state index is 3.28. The molecule has 0 saturated heterocycles. The molecule has 1 atom stereocenters. The molecule has 0 heterocycles. The zero-order chi connectivity index (χ0) is 7.11. The summed E-state index contributed by atoms with van der Waals surface area (Å²) in [5, 5.41) is 0. The number of rotatable bonds is 4. The second-order valence-corrected chi connectivity index (χ2v) is 2.80. The van der Waals surface area contributed by atoms with Crippen molar-refractivity contribution in [2.24, 2.45) is 5.92 Å². The summed E-state index contributed by atoms with van der Waals surface area (Å²) >= 11 is 3.28. The highest BCUT2D eigenvalue weighted by Crippen LogP contribution is 2.12. The van der Waals surface area contributed by atoms with E-state index in [0.29, 0.717) is 0 Å². The summed E-state index contributed by atoms with van der Waals surface area (Å²) in [6.45, 7) is 4.46. The number of halogens is 1.